The number of hydrogen-bond donors (Lipinski definition) is 2. The Labute approximate surface area is 197 Å². The van der Waals surface area contributed by atoms with Crippen LogP contribution in [0.25, 0.3) is 27.9 Å². The smallest absolute Gasteiger partial charge is 0.162 e. The predicted molar refractivity (Wildman–Crippen MR) is 135 cm³/mol. The molecule has 0 bridgehead atoms. The van der Waals surface area contributed by atoms with Gasteiger partial charge in [0.1, 0.15) is 12.1 Å². The van der Waals surface area contributed by atoms with Crippen molar-refractivity contribution in [1.82, 2.24) is 29.9 Å². The molecule has 3 N–H and O–H groups in total. The number of anilines is 2. The average Bonchev–Trinajstić information content (AvgIpc) is 3.32. The first-order valence-electron chi connectivity index (χ1n) is 11.6. The Bertz CT molecular complexity index is 1490. The third-order valence-electron chi connectivity index (χ3n) is 6.44. The Balaban J connectivity index is 1.35. The second-order valence-corrected chi connectivity index (χ2v) is 8.87. The average molecular weight is 451 g/mol. The molecule has 3 aromatic heterocycles. The van der Waals surface area contributed by atoms with E-state index in [0.29, 0.717) is 17.7 Å². The SMILES string of the molecule is C[C@@H]1CN(c2ccc3nc(-c4ccccc4Cc4ccn5ncnc5c4)nc(N)c3c2)CCN1. The fourth-order valence-corrected chi connectivity index (χ4v) is 4.70. The highest BCUT2D eigenvalue weighted by Gasteiger charge is 2.18. The van der Waals surface area contributed by atoms with E-state index in [2.05, 4.69) is 69.7 Å². The molecule has 8 heteroatoms. The van der Waals surface area contributed by atoms with E-state index in [0.717, 1.165) is 65.0 Å². The van der Waals surface area contributed by atoms with Crippen LogP contribution >= 0.6 is 0 Å². The second-order valence-electron chi connectivity index (χ2n) is 8.87. The highest BCUT2D eigenvalue weighted by molar-refractivity contribution is 5.92. The van der Waals surface area contributed by atoms with Gasteiger partial charge < -0.3 is 16.0 Å². The molecule has 6 rings (SSSR count). The standard InChI is InChI=1S/C26H26N8/c1-17-15-33(11-9-28-17)20-6-7-23-22(14-20)25(27)32-26(31-23)21-5-3-2-4-19(21)12-18-8-10-34-24(13-18)29-16-30-34/h2-8,10,13-14,16-17,28H,9,11-12,15H2,1H3,(H2,27,31,32)/t17-/m1/s1. The van der Waals surface area contributed by atoms with E-state index in [1.165, 1.54) is 0 Å². The molecular formula is C26H26N8. The zero-order chi connectivity index (χ0) is 23.1. The summed E-state index contributed by atoms with van der Waals surface area (Å²) in [6.45, 7) is 5.13. The van der Waals surface area contributed by atoms with Crippen molar-refractivity contribution in [3.63, 3.8) is 0 Å². The number of pyridine rings is 1. The molecule has 1 aliphatic rings. The van der Waals surface area contributed by atoms with Crippen LogP contribution in [-0.4, -0.2) is 50.2 Å². The first-order valence-corrected chi connectivity index (χ1v) is 11.6. The molecule has 0 radical (unpaired) electrons. The van der Waals surface area contributed by atoms with Gasteiger partial charge in [-0.05, 0) is 54.8 Å². The van der Waals surface area contributed by atoms with Gasteiger partial charge in [0.05, 0.1) is 5.52 Å². The summed E-state index contributed by atoms with van der Waals surface area (Å²) in [6, 6.07) is 19.1. The number of fused-ring (bicyclic) bond motifs is 2. The topological polar surface area (TPSA) is 97.3 Å². The summed E-state index contributed by atoms with van der Waals surface area (Å²) in [6.07, 6.45) is 4.23. The number of nitrogens with two attached hydrogens (primary N) is 1. The van der Waals surface area contributed by atoms with Crippen molar-refractivity contribution in [2.45, 2.75) is 19.4 Å². The van der Waals surface area contributed by atoms with E-state index >= 15 is 0 Å². The maximum Gasteiger partial charge on any atom is 0.162 e. The van der Waals surface area contributed by atoms with Gasteiger partial charge in [0.25, 0.3) is 0 Å². The molecule has 0 unspecified atom stereocenters. The number of nitrogens with zero attached hydrogens (tertiary/aromatic N) is 6. The van der Waals surface area contributed by atoms with Crippen LogP contribution in [0.5, 0.6) is 0 Å². The van der Waals surface area contributed by atoms with Gasteiger partial charge in [-0.2, -0.15) is 5.10 Å². The monoisotopic (exact) mass is 450 g/mol. The molecule has 5 aromatic rings. The van der Waals surface area contributed by atoms with Gasteiger partial charge in [-0.1, -0.05) is 24.3 Å². The van der Waals surface area contributed by atoms with Crippen molar-refractivity contribution in [3.8, 4) is 11.4 Å². The van der Waals surface area contributed by atoms with E-state index in [-0.39, 0.29) is 0 Å². The lowest BCUT2D eigenvalue weighted by atomic mass is 9.99. The van der Waals surface area contributed by atoms with Crippen LogP contribution < -0.4 is 16.0 Å². The van der Waals surface area contributed by atoms with Gasteiger partial charge in [0.15, 0.2) is 11.5 Å². The summed E-state index contributed by atoms with van der Waals surface area (Å²) in [7, 11) is 0. The Morgan fingerprint density at radius 1 is 1.09 bits per heavy atom. The Morgan fingerprint density at radius 3 is 2.91 bits per heavy atom. The minimum atomic E-state index is 0.461. The van der Waals surface area contributed by atoms with Crippen LogP contribution in [0.15, 0.2) is 67.1 Å². The number of rotatable bonds is 4. The normalized spacial score (nSPS) is 16.4. The van der Waals surface area contributed by atoms with Gasteiger partial charge in [0, 0.05) is 48.5 Å². The molecule has 170 valence electrons. The molecule has 1 aliphatic heterocycles. The number of nitrogens with one attached hydrogen (secondary N) is 1. The van der Waals surface area contributed by atoms with Crippen molar-refractivity contribution >= 4 is 28.1 Å². The molecule has 1 fully saturated rings. The zero-order valence-electron chi connectivity index (χ0n) is 19.0. The summed E-state index contributed by atoms with van der Waals surface area (Å²) >= 11 is 0. The number of benzene rings is 2. The summed E-state index contributed by atoms with van der Waals surface area (Å²) in [5.41, 5.74) is 12.6. The Kier molecular flexibility index (Phi) is 5.07. The van der Waals surface area contributed by atoms with E-state index in [1.54, 1.807) is 10.8 Å². The Morgan fingerprint density at radius 2 is 2.00 bits per heavy atom. The second kappa shape index (κ2) is 8.39. The molecular weight excluding hydrogens is 424 g/mol. The van der Waals surface area contributed by atoms with Crippen molar-refractivity contribution in [2.24, 2.45) is 0 Å². The van der Waals surface area contributed by atoms with E-state index in [1.807, 2.05) is 18.3 Å². The molecule has 1 saturated heterocycles. The van der Waals surface area contributed by atoms with E-state index in [9.17, 15) is 0 Å². The fourth-order valence-electron chi connectivity index (χ4n) is 4.70. The molecule has 34 heavy (non-hydrogen) atoms. The summed E-state index contributed by atoms with van der Waals surface area (Å²) < 4.78 is 1.76. The molecule has 0 aliphatic carbocycles. The number of hydrogen-bond acceptors (Lipinski definition) is 7. The molecule has 0 spiro atoms. The molecule has 4 heterocycles. The first-order chi connectivity index (χ1) is 16.6. The van der Waals surface area contributed by atoms with Crippen molar-refractivity contribution in [3.05, 3.63) is 78.2 Å². The lowest BCUT2D eigenvalue weighted by molar-refractivity contribution is 0.485. The van der Waals surface area contributed by atoms with Crippen LogP contribution in [0.3, 0.4) is 0 Å². The molecule has 2 aromatic carbocycles. The predicted octanol–water partition coefficient (Wildman–Crippen LogP) is 3.31. The van der Waals surface area contributed by atoms with Crippen LogP contribution in [0, 0.1) is 0 Å². The maximum atomic E-state index is 6.47. The van der Waals surface area contributed by atoms with Gasteiger partial charge in [-0.15, -0.1) is 0 Å². The minimum Gasteiger partial charge on any atom is -0.383 e. The van der Waals surface area contributed by atoms with Crippen molar-refractivity contribution in [1.29, 1.82) is 0 Å². The van der Waals surface area contributed by atoms with Crippen LogP contribution in [-0.2, 0) is 6.42 Å². The summed E-state index contributed by atoms with van der Waals surface area (Å²) in [5, 5.41) is 8.55. The largest absolute Gasteiger partial charge is 0.383 e. The molecule has 1 atom stereocenters. The molecule has 8 nitrogen and oxygen atoms in total. The van der Waals surface area contributed by atoms with Crippen LogP contribution in [0.1, 0.15) is 18.1 Å². The molecule has 0 amide bonds. The highest BCUT2D eigenvalue weighted by atomic mass is 15.3. The number of piperazine rings is 1. The number of aromatic nitrogens is 5. The van der Waals surface area contributed by atoms with Crippen LogP contribution in [0.2, 0.25) is 0 Å². The Hall–Kier alpha value is -4.04. The fraction of sp³-hybridized carbons (Fsp3) is 0.231. The van der Waals surface area contributed by atoms with Gasteiger partial charge in [-0.25, -0.2) is 19.5 Å². The minimum absolute atomic E-state index is 0.461. The first kappa shape index (κ1) is 20.6. The van der Waals surface area contributed by atoms with Gasteiger partial charge >= 0.3 is 0 Å². The zero-order valence-corrected chi connectivity index (χ0v) is 19.0. The summed E-state index contributed by atoms with van der Waals surface area (Å²) in [4.78, 5) is 16.3. The third kappa shape index (κ3) is 3.82. The van der Waals surface area contributed by atoms with Gasteiger partial charge in [-0.3, -0.25) is 0 Å². The van der Waals surface area contributed by atoms with Gasteiger partial charge in [0.2, 0.25) is 0 Å². The van der Waals surface area contributed by atoms with E-state index in [4.69, 9.17) is 15.7 Å². The number of nitrogen functional groups attached to an aromatic ring is 1. The highest BCUT2D eigenvalue weighted by Crippen LogP contribution is 2.30. The van der Waals surface area contributed by atoms with Crippen molar-refractivity contribution in [2.75, 3.05) is 30.3 Å². The quantitative estimate of drug-likeness (QED) is 0.434. The van der Waals surface area contributed by atoms with Crippen LogP contribution in [0.4, 0.5) is 11.5 Å². The summed E-state index contributed by atoms with van der Waals surface area (Å²) in [5.74, 6) is 1.15. The van der Waals surface area contributed by atoms with E-state index < -0.39 is 0 Å². The van der Waals surface area contributed by atoms with Crippen molar-refractivity contribution < 1.29 is 0 Å². The lowest BCUT2D eigenvalue weighted by Crippen LogP contribution is -2.49. The lowest BCUT2D eigenvalue weighted by Gasteiger charge is -2.33. The molecule has 0 saturated carbocycles. The maximum absolute atomic E-state index is 6.47. The third-order valence-corrected chi connectivity index (χ3v) is 6.44.